The molecule has 0 amide bonds. The fraction of sp³-hybridized carbons (Fsp3) is 0.235. The predicted octanol–water partition coefficient (Wildman–Crippen LogP) is 3.68. The molecule has 3 heterocycles. The highest BCUT2D eigenvalue weighted by atomic mass is 16.6. The van der Waals surface area contributed by atoms with Crippen LogP contribution >= 0.6 is 0 Å². The second kappa shape index (κ2) is 5.97. The summed E-state index contributed by atoms with van der Waals surface area (Å²) in [6.45, 7) is 1.67. The summed E-state index contributed by atoms with van der Waals surface area (Å²) < 4.78 is 7.79. The SMILES string of the molecule is Cc1nc([N+](=O)[O-])ccc1Oc1ccnc(-c2cnn(C3CC3)c2)c1. The molecular formula is C17H15N5O3. The third-order valence-electron chi connectivity index (χ3n) is 3.99. The van der Waals surface area contributed by atoms with Crippen LogP contribution in [0.4, 0.5) is 5.82 Å². The van der Waals surface area contributed by atoms with Gasteiger partial charge in [-0.05, 0) is 34.9 Å². The van der Waals surface area contributed by atoms with Crippen LogP contribution in [-0.4, -0.2) is 24.7 Å². The molecule has 0 spiro atoms. The van der Waals surface area contributed by atoms with Gasteiger partial charge >= 0.3 is 5.82 Å². The maximum absolute atomic E-state index is 10.8. The van der Waals surface area contributed by atoms with Crippen LogP contribution in [-0.2, 0) is 0 Å². The molecule has 4 rings (SSSR count). The molecule has 0 atom stereocenters. The number of hydrogen-bond acceptors (Lipinski definition) is 6. The standard InChI is InChI=1S/C17H15N5O3/c1-11-16(4-5-17(20-11)22(23)24)25-14-6-7-18-15(8-14)12-9-19-21(10-12)13-2-3-13/h4-10,13H,2-3H2,1H3. The first kappa shape index (κ1) is 15.3. The first-order chi connectivity index (χ1) is 12.1. The van der Waals surface area contributed by atoms with Crippen molar-refractivity contribution in [2.75, 3.05) is 0 Å². The van der Waals surface area contributed by atoms with Crippen molar-refractivity contribution in [2.24, 2.45) is 0 Å². The van der Waals surface area contributed by atoms with Crippen LogP contribution in [0.15, 0.2) is 42.9 Å². The van der Waals surface area contributed by atoms with Crippen molar-refractivity contribution in [2.45, 2.75) is 25.8 Å². The van der Waals surface area contributed by atoms with E-state index in [1.54, 1.807) is 31.5 Å². The Morgan fingerprint density at radius 3 is 2.88 bits per heavy atom. The second-order valence-electron chi connectivity index (χ2n) is 5.93. The molecule has 0 aromatic carbocycles. The van der Waals surface area contributed by atoms with Crippen molar-refractivity contribution >= 4 is 5.82 Å². The van der Waals surface area contributed by atoms with Gasteiger partial charge in [-0.3, -0.25) is 9.67 Å². The number of rotatable bonds is 5. The lowest BCUT2D eigenvalue weighted by molar-refractivity contribution is -0.389. The molecule has 3 aromatic heterocycles. The molecule has 0 N–H and O–H groups in total. The predicted molar refractivity (Wildman–Crippen MR) is 89.4 cm³/mol. The monoisotopic (exact) mass is 337 g/mol. The molecule has 8 heteroatoms. The lowest BCUT2D eigenvalue weighted by Gasteiger charge is -2.07. The maximum Gasteiger partial charge on any atom is 0.363 e. The molecule has 1 aliphatic rings. The summed E-state index contributed by atoms with van der Waals surface area (Å²) in [5.41, 5.74) is 2.14. The van der Waals surface area contributed by atoms with Crippen molar-refractivity contribution in [1.82, 2.24) is 19.7 Å². The minimum Gasteiger partial charge on any atom is -0.453 e. The van der Waals surface area contributed by atoms with E-state index in [0.29, 0.717) is 23.2 Å². The van der Waals surface area contributed by atoms with E-state index in [9.17, 15) is 10.1 Å². The fourth-order valence-corrected chi connectivity index (χ4v) is 2.51. The Morgan fingerprint density at radius 1 is 1.32 bits per heavy atom. The van der Waals surface area contributed by atoms with Crippen molar-refractivity contribution in [3.8, 4) is 22.8 Å². The Morgan fingerprint density at radius 2 is 2.16 bits per heavy atom. The Hall–Kier alpha value is -3.29. The summed E-state index contributed by atoms with van der Waals surface area (Å²) in [4.78, 5) is 18.5. The highest BCUT2D eigenvalue weighted by Crippen LogP contribution is 2.35. The van der Waals surface area contributed by atoms with E-state index < -0.39 is 4.92 Å². The number of aromatic nitrogens is 4. The van der Waals surface area contributed by atoms with Gasteiger partial charge in [0.2, 0.25) is 0 Å². The van der Waals surface area contributed by atoms with Crippen LogP contribution in [0.25, 0.3) is 11.3 Å². The molecule has 0 bridgehead atoms. The van der Waals surface area contributed by atoms with Crippen LogP contribution in [0, 0.1) is 17.0 Å². The fourth-order valence-electron chi connectivity index (χ4n) is 2.51. The Balaban J connectivity index is 1.58. The van der Waals surface area contributed by atoms with Gasteiger partial charge in [-0.15, -0.1) is 0 Å². The van der Waals surface area contributed by atoms with Crippen LogP contribution in [0.2, 0.25) is 0 Å². The number of ether oxygens (including phenoxy) is 1. The molecule has 1 fully saturated rings. The van der Waals surface area contributed by atoms with Crippen LogP contribution in [0.3, 0.4) is 0 Å². The summed E-state index contributed by atoms with van der Waals surface area (Å²) >= 11 is 0. The smallest absolute Gasteiger partial charge is 0.363 e. The van der Waals surface area contributed by atoms with Crippen molar-refractivity contribution in [3.63, 3.8) is 0 Å². The number of hydrogen-bond donors (Lipinski definition) is 0. The van der Waals surface area contributed by atoms with Crippen LogP contribution in [0.5, 0.6) is 11.5 Å². The largest absolute Gasteiger partial charge is 0.453 e. The molecule has 0 aliphatic heterocycles. The topological polar surface area (TPSA) is 96.0 Å². The molecule has 1 aliphatic carbocycles. The van der Waals surface area contributed by atoms with E-state index in [2.05, 4.69) is 15.1 Å². The zero-order valence-electron chi connectivity index (χ0n) is 13.5. The summed E-state index contributed by atoms with van der Waals surface area (Å²) in [7, 11) is 0. The minimum absolute atomic E-state index is 0.201. The van der Waals surface area contributed by atoms with E-state index in [-0.39, 0.29) is 5.82 Å². The van der Waals surface area contributed by atoms with Gasteiger partial charge < -0.3 is 14.9 Å². The van der Waals surface area contributed by atoms with Crippen LogP contribution in [0.1, 0.15) is 24.6 Å². The summed E-state index contributed by atoms with van der Waals surface area (Å²) in [5, 5.41) is 15.1. The molecule has 0 unspecified atom stereocenters. The molecule has 0 saturated heterocycles. The molecule has 25 heavy (non-hydrogen) atoms. The third kappa shape index (κ3) is 3.18. The number of pyridine rings is 2. The Kier molecular flexibility index (Phi) is 3.64. The first-order valence-corrected chi connectivity index (χ1v) is 7.90. The lowest BCUT2D eigenvalue weighted by Crippen LogP contribution is -1.96. The van der Waals surface area contributed by atoms with Gasteiger partial charge in [-0.2, -0.15) is 5.10 Å². The minimum atomic E-state index is -0.529. The molecule has 1 saturated carbocycles. The average Bonchev–Trinajstić information content (AvgIpc) is 3.34. The molecule has 126 valence electrons. The first-order valence-electron chi connectivity index (χ1n) is 7.90. The quantitative estimate of drug-likeness (QED) is 0.520. The van der Waals surface area contributed by atoms with E-state index in [4.69, 9.17) is 4.74 Å². The highest BCUT2D eigenvalue weighted by molar-refractivity contribution is 5.59. The van der Waals surface area contributed by atoms with Gasteiger partial charge in [0.15, 0.2) is 11.4 Å². The lowest BCUT2D eigenvalue weighted by atomic mass is 10.2. The summed E-state index contributed by atoms with van der Waals surface area (Å²) in [6, 6.07) is 6.93. The Bertz CT molecular complexity index is 949. The van der Waals surface area contributed by atoms with Gasteiger partial charge in [0, 0.05) is 37.0 Å². The Labute approximate surface area is 143 Å². The van der Waals surface area contributed by atoms with Gasteiger partial charge in [-0.25, -0.2) is 0 Å². The van der Waals surface area contributed by atoms with E-state index in [1.807, 2.05) is 16.9 Å². The molecule has 0 radical (unpaired) electrons. The highest BCUT2D eigenvalue weighted by Gasteiger charge is 2.24. The van der Waals surface area contributed by atoms with Gasteiger partial charge in [-0.1, -0.05) is 0 Å². The molecule has 8 nitrogen and oxygen atoms in total. The van der Waals surface area contributed by atoms with E-state index >= 15 is 0 Å². The summed E-state index contributed by atoms with van der Waals surface area (Å²) in [5.74, 6) is 0.854. The normalized spacial score (nSPS) is 13.6. The number of nitrogens with zero attached hydrogens (tertiary/aromatic N) is 5. The molecular weight excluding hydrogens is 322 g/mol. The number of nitro groups is 1. The zero-order valence-corrected chi connectivity index (χ0v) is 13.5. The van der Waals surface area contributed by atoms with Crippen molar-refractivity contribution in [3.05, 3.63) is 58.7 Å². The second-order valence-corrected chi connectivity index (χ2v) is 5.93. The molecule has 3 aromatic rings. The zero-order chi connectivity index (χ0) is 17.4. The number of aryl methyl sites for hydroxylation is 1. The van der Waals surface area contributed by atoms with E-state index in [0.717, 1.165) is 11.3 Å². The average molecular weight is 337 g/mol. The third-order valence-corrected chi connectivity index (χ3v) is 3.99. The van der Waals surface area contributed by atoms with Gasteiger partial charge in [0.05, 0.1) is 17.9 Å². The van der Waals surface area contributed by atoms with Crippen molar-refractivity contribution in [1.29, 1.82) is 0 Å². The maximum atomic E-state index is 10.8. The van der Waals surface area contributed by atoms with Gasteiger partial charge in [0.1, 0.15) is 5.75 Å². The van der Waals surface area contributed by atoms with E-state index in [1.165, 1.54) is 18.9 Å². The van der Waals surface area contributed by atoms with Gasteiger partial charge in [0.25, 0.3) is 0 Å². The van der Waals surface area contributed by atoms with Crippen LogP contribution < -0.4 is 4.74 Å². The summed E-state index contributed by atoms with van der Waals surface area (Å²) in [6.07, 6.45) is 7.78. The van der Waals surface area contributed by atoms with Crippen molar-refractivity contribution < 1.29 is 9.66 Å².